The number of amides is 2. The minimum atomic E-state index is -1.00. The molecule has 1 atom stereocenters. The van der Waals surface area contributed by atoms with E-state index in [-0.39, 0.29) is 0 Å². The Balaban J connectivity index is 2.25. The molecule has 1 aromatic rings. The van der Waals surface area contributed by atoms with Gasteiger partial charge >= 0.3 is 12.0 Å². The Hall–Kier alpha value is -1.98. The van der Waals surface area contributed by atoms with Crippen molar-refractivity contribution < 1.29 is 19.1 Å². The van der Waals surface area contributed by atoms with E-state index >= 15 is 0 Å². The molecule has 0 saturated carbocycles. The topological polar surface area (TPSA) is 91.6 Å². The fourth-order valence-corrected chi connectivity index (χ4v) is 1.63. The summed E-state index contributed by atoms with van der Waals surface area (Å²) in [6.07, 6.45) is 4.25. The molecule has 1 rings (SSSR count). The smallest absolute Gasteiger partial charge is 0.326 e. The van der Waals surface area contributed by atoms with Crippen LogP contribution in [-0.4, -0.2) is 29.7 Å². The van der Waals surface area contributed by atoms with E-state index in [1.807, 2.05) is 13.0 Å². The summed E-state index contributed by atoms with van der Waals surface area (Å²) in [6, 6.07) is 2.31. The first kappa shape index (κ1) is 15.1. The maximum absolute atomic E-state index is 11.5. The first-order valence-electron chi connectivity index (χ1n) is 6.43. The zero-order valence-corrected chi connectivity index (χ0v) is 11.0. The van der Waals surface area contributed by atoms with Crippen molar-refractivity contribution in [3.8, 4) is 0 Å². The van der Waals surface area contributed by atoms with Gasteiger partial charge < -0.3 is 20.2 Å². The van der Waals surface area contributed by atoms with Crippen LogP contribution in [0.5, 0.6) is 0 Å². The highest BCUT2D eigenvalue weighted by atomic mass is 16.4. The van der Waals surface area contributed by atoms with Gasteiger partial charge in [-0.15, -0.1) is 0 Å². The van der Waals surface area contributed by atoms with Gasteiger partial charge in [-0.1, -0.05) is 19.8 Å². The number of rotatable bonds is 8. The van der Waals surface area contributed by atoms with Crippen molar-refractivity contribution in [2.24, 2.45) is 0 Å². The Morgan fingerprint density at radius 1 is 1.47 bits per heavy atom. The molecule has 1 heterocycles. The van der Waals surface area contributed by atoms with Crippen LogP contribution in [0.3, 0.4) is 0 Å². The Bertz CT molecular complexity index is 389. The molecular weight excluding hydrogens is 248 g/mol. The van der Waals surface area contributed by atoms with E-state index in [0.29, 0.717) is 19.4 Å². The molecule has 0 radical (unpaired) electrons. The van der Waals surface area contributed by atoms with Crippen LogP contribution >= 0.6 is 0 Å². The first-order valence-corrected chi connectivity index (χ1v) is 6.43. The van der Waals surface area contributed by atoms with Gasteiger partial charge in [0, 0.05) is 13.0 Å². The van der Waals surface area contributed by atoms with Gasteiger partial charge in [-0.3, -0.25) is 0 Å². The van der Waals surface area contributed by atoms with Crippen molar-refractivity contribution >= 4 is 12.0 Å². The van der Waals surface area contributed by atoms with E-state index < -0.39 is 18.0 Å². The molecular formula is C13H20N2O4. The fraction of sp³-hybridized carbons (Fsp3) is 0.538. The van der Waals surface area contributed by atoms with Crippen LogP contribution in [0.15, 0.2) is 22.8 Å². The van der Waals surface area contributed by atoms with Crippen LogP contribution in [0.1, 0.15) is 31.9 Å². The largest absolute Gasteiger partial charge is 0.480 e. The molecule has 2 amide bonds. The zero-order chi connectivity index (χ0) is 14.1. The summed E-state index contributed by atoms with van der Waals surface area (Å²) in [5.41, 5.74) is 0. The number of hydrogen-bond acceptors (Lipinski definition) is 3. The Labute approximate surface area is 112 Å². The predicted molar refractivity (Wildman–Crippen MR) is 69.9 cm³/mol. The van der Waals surface area contributed by atoms with Gasteiger partial charge in [0.2, 0.25) is 0 Å². The van der Waals surface area contributed by atoms with Crippen molar-refractivity contribution in [2.45, 2.75) is 38.6 Å². The molecule has 19 heavy (non-hydrogen) atoms. The average Bonchev–Trinajstić information content (AvgIpc) is 2.87. The SMILES string of the molecule is CCCC[C@H](NC(=O)NCCc1ccco1)C(=O)O. The highest BCUT2D eigenvalue weighted by Gasteiger charge is 2.18. The molecule has 0 aromatic carbocycles. The molecule has 0 bridgehead atoms. The summed E-state index contributed by atoms with van der Waals surface area (Å²) in [5, 5.41) is 14.0. The number of hydrogen-bond donors (Lipinski definition) is 3. The van der Waals surface area contributed by atoms with Gasteiger partial charge in [0.15, 0.2) is 0 Å². The van der Waals surface area contributed by atoms with Gasteiger partial charge in [-0.25, -0.2) is 9.59 Å². The molecule has 6 nitrogen and oxygen atoms in total. The van der Waals surface area contributed by atoms with Crippen LogP contribution in [0, 0.1) is 0 Å². The van der Waals surface area contributed by atoms with Crippen LogP contribution < -0.4 is 10.6 Å². The molecule has 0 unspecified atom stereocenters. The maximum atomic E-state index is 11.5. The van der Waals surface area contributed by atoms with E-state index in [9.17, 15) is 9.59 Å². The van der Waals surface area contributed by atoms with Gasteiger partial charge in [-0.2, -0.15) is 0 Å². The lowest BCUT2D eigenvalue weighted by Gasteiger charge is -2.14. The Kier molecular flexibility index (Phi) is 6.49. The molecule has 0 saturated heterocycles. The molecule has 1 aromatic heterocycles. The summed E-state index contributed by atoms with van der Waals surface area (Å²) in [4.78, 5) is 22.5. The van der Waals surface area contributed by atoms with E-state index in [1.54, 1.807) is 12.3 Å². The van der Waals surface area contributed by atoms with Crippen LogP contribution in [0.4, 0.5) is 4.79 Å². The summed E-state index contributed by atoms with van der Waals surface area (Å²) in [5.74, 6) is -0.226. The average molecular weight is 268 g/mol. The quantitative estimate of drug-likeness (QED) is 0.670. The lowest BCUT2D eigenvalue weighted by Crippen LogP contribution is -2.46. The van der Waals surface area contributed by atoms with Crippen molar-refractivity contribution in [3.63, 3.8) is 0 Å². The molecule has 3 N–H and O–H groups in total. The lowest BCUT2D eigenvalue weighted by atomic mass is 10.1. The minimum Gasteiger partial charge on any atom is -0.480 e. The number of carbonyl (C=O) groups excluding carboxylic acids is 1. The standard InChI is InChI=1S/C13H20N2O4/c1-2-3-6-11(12(16)17)15-13(18)14-8-7-10-5-4-9-19-10/h4-5,9,11H,2-3,6-8H2,1H3,(H,16,17)(H2,14,15,18)/t11-/m0/s1. The van der Waals surface area contributed by atoms with Gasteiger partial charge in [0.05, 0.1) is 6.26 Å². The molecule has 0 aliphatic heterocycles. The molecule has 106 valence electrons. The van der Waals surface area contributed by atoms with Crippen molar-refractivity contribution in [3.05, 3.63) is 24.2 Å². The summed E-state index contributed by atoms with van der Waals surface area (Å²) in [7, 11) is 0. The number of unbranched alkanes of at least 4 members (excludes halogenated alkanes) is 1. The van der Waals surface area contributed by atoms with Crippen molar-refractivity contribution in [1.82, 2.24) is 10.6 Å². The summed E-state index contributed by atoms with van der Waals surface area (Å²) < 4.78 is 5.12. The molecule has 0 fully saturated rings. The van der Waals surface area contributed by atoms with E-state index in [0.717, 1.165) is 18.6 Å². The van der Waals surface area contributed by atoms with Crippen molar-refractivity contribution in [1.29, 1.82) is 0 Å². The normalized spacial score (nSPS) is 11.8. The zero-order valence-electron chi connectivity index (χ0n) is 11.0. The monoisotopic (exact) mass is 268 g/mol. The van der Waals surface area contributed by atoms with E-state index in [4.69, 9.17) is 9.52 Å². The molecule has 0 aliphatic rings. The van der Waals surface area contributed by atoms with E-state index in [1.165, 1.54) is 0 Å². The highest BCUT2D eigenvalue weighted by molar-refractivity contribution is 5.82. The Morgan fingerprint density at radius 3 is 2.84 bits per heavy atom. The fourth-order valence-electron chi connectivity index (χ4n) is 1.63. The van der Waals surface area contributed by atoms with E-state index in [2.05, 4.69) is 10.6 Å². The second kappa shape index (κ2) is 8.18. The number of carbonyl (C=O) groups is 2. The minimum absolute atomic E-state index is 0.402. The molecule has 0 spiro atoms. The van der Waals surface area contributed by atoms with Crippen LogP contribution in [0.2, 0.25) is 0 Å². The first-order chi connectivity index (χ1) is 9.13. The maximum Gasteiger partial charge on any atom is 0.326 e. The number of furan rings is 1. The highest BCUT2D eigenvalue weighted by Crippen LogP contribution is 2.01. The second-order valence-corrected chi connectivity index (χ2v) is 4.26. The van der Waals surface area contributed by atoms with Gasteiger partial charge in [0.25, 0.3) is 0 Å². The Morgan fingerprint density at radius 2 is 2.26 bits per heavy atom. The van der Waals surface area contributed by atoms with Crippen LogP contribution in [-0.2, 0) is 11.2 Å². The number of urea groups is 1. The number of carboxylic acid groups (broad SMARTS) is 1. The number of nitrogens with one attached hydrogen (secondary N) is 2. The van der Waals surface area contributed by atoms with Gasteiger partial charge in [-0.05, 0) is 18.6 Å². The van der Waals surface area contributed by atoms with Gasteiger partial charge in [0.1, 0.15) is 11.8 Å². The lowest BCUT2D eigenvalue weighted by molar-refractivity contribution is -0.139. The molecule has 0 aliphatic carbocycles. The third kappa shape index (κ3) is 5.94. The van der Waals surface area contributed by atoms with Crippen LogP contribution in [0.25, 0.3) is 0 Å². The summed E-state index contributed by atoms with van der Waals surface area (Å²) >= 11 is 0. The number of aliphatic carboxylic acids is 1. The number of carboxylic acids is 1. The summed E-state index contributed by atoms with van der Waals surface area (Å²) in [6.45, 7) is 2.38. The molecule has 6 heteroatoms. The third-order valence-electron chi connectivity index (χ3n) is 2.69. The van der Waals surface area contributed by atoms with Crippen molar-refractivity contribution in [2.75, 3.05) is 6.54 Å². The second-order valence-electron chi connectivity index (χ2n) is 4.26. The predicted octanol–water partition coefficient (Wildman–Crippen LogP) is 1.76. The third-order valence-corrected chi connectivity index (χ3v) is 2.69.